The lowest BCUT2D eigenvalue weighted by atomic mass is 9.93. The molecule has 41 heavy (non-hydrogen) atoms. The van der Waals surface area contributed by atoms with Crippen molar-refractivity contribution in [2.24, 2.45) is 0 Å². The molecule has 0 saturated carbocycles. The predicted molar refractivity (Wildman–Crippen MR) is 167 cm³/mol. The van der Waals surface area contributed by atoms with Crippen molar-refractivity contribution >= 4 is 11.7 Å². The van der Waals surface area contributed by atoms with E-state index in [1.807, 2.05) is 24.3 Å². The van der Waals surface area contributed by atoms with E-state index >= 15 is 0 Å². The molecular weight excluding hydrogens is 510 g/mol. The molecule has 1 aliphatic carbocycles. The molecule has 1 aromatic heterocycles. The number of allylic oxidation sites excluding steroid dienone is 5. The molecule has 1 aliphatic heterocycles. The van der Waals surface area contributed by atoms with E-state index in [-0.39, 0.29) is 23.4 Å². The Morgan fingerprint density at radius 2 is 1.78 bits per heavy atom. The van der Waals surface area contributed by atoms with Crippen LogP contribution < -0.4 is 10.1 Å². The summed E-state index contributed by atoms with van der Waals surface area (Å²) in [5, 5.41) is 7.11. The lowest BCUT2D eigenvalue weighted by Crippen LogP contribution is -2.22. The van der Waals surface area contributed by atoms with Crippen LogP contribution in [0.4, 0.5) is 5.82 Å². The van der Waals surface area contributed by atoms with Crippen LogP contribution in [0.1, 0.15) is 103 Å². The van der Waals surface area contributed by atoms with Gasteiger partial charge in [-0.2, -0.15) is 0 Å². The molecule has 2 heterocycles. The van der Waals surface area contributed by atoms with E-state index in [1.54, 1.807) is 0 Å². The summed E-state index contributed by atoms with van der Waals surface area (Å²) in [5.41, 5.74) is 1.05. The molecule has 1 unspecified atom stereocenters. The fraction of sp³-hybridized carbons (Fsp3) is 0.543. The van der Waals surface area contributed by atoms with Crippen molar-refractivity contribution in [3.05, 3.63) is 77.8 Å². The summed E-state index contributed by atoms with van der Waals surface area (Å²) >= 11 is 0. The Morgan fingerprint density at radius 3 is 2.51 bits per heavy atom. The van der Waals surface area contributed by atoms with Gasteiger partial charge < -0.3 is 14.6 Å². The number of nitrogens with one attached hydrogen (secondary N) is 1. The van der Waals surface area contributed by atoms with Gasteiger partial charge in [0.25, 0.3) is 0 Å². The van der Waals surface area contributed by atoms with Crippen LogP contribution in [-0.4, -0.2) is 34.6 Å². The van der Waals surface area contributed by atoms with E-state index in [0.29, 0.717) is 5.82 Å². The van der Waals surface area contributed by atoms with Crippen molar-refractivity contribution in [3.8, 4) is 5.75 Å². The molecule has 2 aromatic rings. The maximum Gasteiger partial charge on any atom is 0.244 e. The average molecular weight is 560 g/mol. The second-order valence-electron chi connectivity index (χ2n) is 12.5. The summed E-state index contributed by atoms with van der Waals surface area (Å²) < 4.78 is 11.6. The van der Waals surface area contributed by atoms with E-state index in [1.165, 1.54) is 44.1 Å². The van der Waals surface area contributed by atoms with E-state index in [2.05, 4.69) is 79.5 Å². The number of hydrogen-bond donors (Lipinski definition) is 1. The van der Waals surface area contributed by atoms with Gasteiger partial charge in [-0.3, -0.25) is 9.69 Å². The molecule has 1 amide bonds. The topological polar surface area (TPSA) is 67.4 Å². The van der Waals surface area contributed by atoms with Gasteiger partial charge in [-0.15, -0.1) is 0 Å². The number of aromatic nitrogens is 1. The molecule has 2 aliphatic rings. The highest BCUT2D eigenvalue weighted by molar-refractivity contribution is 5.96. The zero-order chi connectivity index (χ0) is 29.1. The monoisotopic (exact) mass is 559 g/mol. The first-order valence-corrected chi connectivity index (χ1v) is 15.7. The number of carbonyl (C=O) groups excluding carboxylic acids is 1. The third-order valence-corrected chi connectivity index (χ3v) is 7.87. The van der Waals surface area contributed by atoms with Gasteiger partial charge in [0.05, 0.1) is 0 Å². The van der Waals surface area contributed by atoms with Crippen LogP contribution in [0.5, 0.6) is 5.75 Å². The predicted octanol–water partition coefficient (Wildman–Crippen LogP) is 8.52. The minimum Gasteiger partial charge on any atom is -0.457 e. The Hall–Kier alpha value is -3.12. The van der Waals surface area contributed by atoms with Gasteiger partial charge in [-0.1, -0.05) is 102 Å². The lowest BCUT2D eigenvalue weighted by molar-refractivity contribution is -0.116. The summed E-state index contributed by atoms with van der Waals surface area (Å²) in [6.45, 7) is 9.40. The van der Waals surface area contributed by atoms with Crippen LogP contribution >= 0.6 is 0 Å². The standard InChI is InChI=1S/C35H49N3O3/c1-5-6-7-8-11-14-17-24-38-30(33(38)34(39)36-32-26-31(41-37-32)35(2,3)4)25-27-20-22-29(23-21-27)40-28-18-15-12-9-10-13-16-19-28/h12,15-16,18-23,26,30,33H,5-11,13-14,17,24-25H2,1-4H3,(H,36,37,39)/b15-12-,19-16-,28-18+/t30-,33-,38?/m1/s1. The summed E-state index contributed by atoms with van der Waals surface area (Å²) in [6, 6.07) is 10.2. The molecule has 1 fully saturated rings. The molecule has 0 spiro atoms. The van der Waals surface area contributed by atoms with Gasteiger partial charge in [0.15, 0.2) is 5.82 Å². The van der Waals surface area contributed by atoms with Crippen LogP contribution in [-0.2, 0) is 16.6 Å². The second-order valence-corrected chi connectivity index (χ2v) is 12.5. The average Bonchev–Trinajstić information content (AvgIpc) is 3.35. The van der Waals surface area contributed by atoms with Gasteiger partial charge in [0.2, 0.25) is 5.91 Å². The number of rotatable bonds is 14. The first kappa shape index (κ1) is 30.8. The molecule has 4 rings (SSSR count). The van der Waals surface area contributed by atoms with Gasteiger partial charge in [0.1, 0.15) is 23.3 Å². The molecular formula is C35H49N3O3. The summed E-state index contributed by atoms with van der Waals surface area (Å²) in [7, 11) is 0. The smallest absolute Gasteiger partial charge is 0.244 e. The van der Waals surface area contributed by atoms with E-state index in [4.69, 9.17) is 9.26 Å². The van der Waals surface area contributed by atoms with Crippen molar-refractivity contribution in [1.82, 2.24) is 10.1 Å². The molecule has 6 nitrogen and oxygen atoms in total. The first-order valence-electron chi connectivity index (χ1n) is 15.7. The number of nitrogens with zero attached hydrogens (tertiary/aromatic N) is 2. The normalized spacial score (nSPS) is 23.4. The largest absolute Gasteiger partial charge is 0.457 e. The molecule has 0 bridgehead atoms. The second kappa shape index (κ2) is 15.2. The molecule has 0 radical (unpaired) electrons. The van der Waals surface area contributed by atoms with Gasteiger partial charge in [-0.25, -0.2) is 0 Å². The quantitative estimate of drug-likeness (QED) is 0.186. The highest BCUT2D eigenvalue weighted by Crippen LogP contribution is 2.34. The van der Waals surface area contributed by atoms with Crippen molar-refractivity contribution in [2.75, 3.05) is 11.9 Å². The maximum atomic E-state index is 13.3. The third-order valence-electron chi connectivity index (χ3n) is 7.87. The Morgan fingerprint density at radius 1 is 1.05 bits per heavy atom. The third kappa shape index (κ3) is 9.74. The molecule has 1 aromatic carbocycles. The summed E-state index contributed by atoms with van der Waals surface area (Å²) in [6.07, 6.45) is 23.5. The van der Waals surface area contributed by atoms with E-state index in [0.717, 1.165) is 55.9 Å². The minimum absolute atomic E-state index is 0.00126. The Bertz CT molecular complexity index is 1190. The van der Waals surface area contributed by atoms with Crippen LogP contribution in [0, 0.1) is 0 Å². The molecule has 6 heteroatoms. The number of ether oxygens (including phenoxy) is 1. The van der Waals surface area contributed by atoms with E-state index < -0.39 is 0 Å². The van der Waals surface area contributed by atoms with Crippen LogP contribution in [0.2, 0.25) is 0 Å². The number of amides is 1. The maximum absolute atomic E-state index is 13.3. The van der Waals surface area contributed by atoms with Gasteiger partial charge in [0, 0.05) is 17.5 Å². The fourth-order valence-electron chi connectivity index (χ4n) is 5.34. The van der Waals surface area contributed by atoms with Crippen LogP contribution in [0.25, 0.3) is 0 Å². The van der Waals surface area contributed by atoms with Gasteiger partial charge >= 0.3 is 0 Å². The number of carbonyl (C=O) groups is 1. The highest BCUT2D eigenvalue weighted by atomic mass is 16.5. The zero-order valence-electron chi connectivity index (χ0n) is 25.5. The number of unbranched alkanes of at least 4 members (excludes halogenated alkanes) is 6. The molecule has 3 atom stereocenters. The number of hydrogen-bond acceptors (Lipinski definition) is 5. The van der Waals surface area contributed by atoms with Gasteiger partial charge in [-0.05, 0) is 68.5 Å². The minimum atomic E-state index is -0.157. The summed E-state index contributed by atoms with van der Waals surface area (Å²) in [5.74, 6) is 2.92. The van der Waals surface area contributed by atoms with Crippen LogP contribution in [0.15, 0.2) is 71.0 Å². The first-order chi connectivity index (χ1) is 19.8. The SMILES string of the molecule is CCCCCCCCCN1[C@H](Cc2ccc(OC3=C/C=C\CCC/C=C\3)cc2)[C@@H]1C(=O)Nc1cc(C(C)(C)C)on1. The van der Waals surface area contributed by atoms with Crippen molar-refractivity contribution < 1.29 is 14.1 Å². The fourth-order valence-corrected chi connectivity index (χ4v) is 5.34. The highest BCUT2D eigenvalue weighted by Gasteiger charge is 2.51. The number of anilines is 1. The molecule has 1 saturated heterocycles. The summed E-state index contributed by atoms with van der Waals surface area (Å²) in [4.78, 5) is 15.7. The van der Waals surface area contributed by atoms with E-state index in [9.17, 15) is 4.79 Å². The van der Waals surface area contributed by atoms with Crippen molar-refractivity contribution in [3.63, 3.8) is 0 Å². The Labute approximate surface area is 246 Å². The zero-order valence-corrected chi connectivity index (χ0v) is 25.5. The lowest BCUT2D eigenvalue weighted by Gasteiger charge is -2.12. The van der Waals surface area contributed by atoms with Crippen LogP contribution in [0.3, 0.4) is 0 Å². The molecule has 222 valence electrons. The Kier molecular flexibility index (Phi) is 11.4. The van der Waals surface area contributed by atoms with Crippen molar-refractivity contribution in [1.29, 1.82) is 0 Å². The Balaban J connectivity index is 1.35. The van der Waals surface area contributed by atoms with Crippen molar-refractivity contribution in [2.45, 2.75) is 116 Å². The molecule has 1 N–H and O–H groups in total. The number of benzene rings is 1.